The molecular weight excluding hydrogens is 655 g/mol. The molecular formula is C41H57N7S2. The van der Waals surface area contributed by atoms with Gasteiger partial charge in [-0.2, -0.15) is 0 Å². The zero-order valence-corrected chi connectivity index (χ0v) is 31.7. The molecule has 7 nitrogen and oxygen atoms in total. The first-order valence-electron chi connectivity index (χ1n) is 18.9. The summed E-state index contributed by atoms with van der Waals surface area (Å²) in [6, 6.07) is 26.5. The van der Waals surface area contributed by atoms with Gasteiger partial charge in [0, 0.05) is 66.9 Å². The van der Waals surface area contributed by atoms with E-state index in [1.807, 2.05) is 0 Å². The van der Waals surface area contributed by atoms with Gasteiger partial charge in [0.1, 0.15) is 15.9 Å². The first kappa shape index (κ1) is 38.3. The summed E-state index contributed by atoms with van der Waals surface area (Å²) in [6.45, 7) is 6.60. The first-order valence-corrected chi connectivity index (χ1v) is 20.9. The van der Waals surface area contributed by atoms with Gasteiger partial charge in [-0.1, -0.05) is 119 Å². The predicted octanol–water partition coefficient (Wildman–Crippen LogP) is 9.32. The molecule has 2 aromatic carbocycles. The Bertz CT molecular complexity index is 1430. The quantitative estimate of drug-likeness (QED) is 0.0417. The first-order chi connectivity index (χ1) is 24.7. The maximum Gasteiger partial charge on any atom is 0.223 e. The second kappa shape index (κ2) is 20.8. The number of benzene rings is 2. The largest absolute Gasteiger partial charge is 0.354 e. The van der Waals surface area contributed by atoms with E-state index >= 15 is 0 Å². The van der Waals surface area contributed by atoms with E-state index in [-0.39, 0.29) is 23.7 Å². The molecule has 0 spiro atoms. The Morgan fingerprint density at radius 2 is 1.10 bits per heavy atom. The number of anilines is 1. The number of hydrogen-bond acceptors (Lipinski definition) is 9. The van der Waals surface area contributed by atoms with Crippen molar-refractivity contribution in [1.29, 1.82) is 0 Å². The number of rotatable bonds is 22. The van der Waals surface area contributed by atoms with Gasteiger partial charge in [-0.05, 0) is 36.1 Å². The third kappa shape index (κ3) is 10.5. The Morgan fingerprint density at radius 1 is 0.580 bits per heavy atom. The minimum atomic E-state index is 0.137. The van der Waals surface area contributed by atoms with Gasteiger partial charge in [-0.3, -0.25) is 0 Å². The normalized spacial score (nSPS) is 18.6. The fraction of sp³-hybridized carbons (Fsp3) is 0.512. The average molecular weight is 712 g/mol. The minimum Gasteiger partial charge on any atom is -0.354 e. The zero-order valence-electron chi connectivity index (χ0n) is 30.1. The molecule has 1 fully saturated rings. The molecule has 2 aromatic heterocycles. The van der Waals surface area contributed by atoms with E-state index < -0.39 is 0 Å². The van der Waals surface area contributed by atoms with Crippen molar-refractivity contribution in [2.45, 2.75) is 112 Å². The van der Waals surface area contributed by atoms with Crippen LogP contribution in [0.5, 0.6) is 0 Å². The molecule has 0 aliphatic heterocycles. The van der Waals surface area contributed by atoms with Gasteiger partial charge in [0.15, 0.2) is 0 Å². The van der Waals surface area contributed by atoms with Crippen LogP contribution in [0.3, 0.4) is 0 Å². The Labute approximate surface area is 309 Å². The average Bonchev–Trinajstić information content (AvgIpc) is 3.13. The highest BCUT2D eigenvalue weighted by Gasteiger charge is 2.54. The SMILES string of the molecule is CCCCCCCc1nc(SCCN)cc(C2[C@@H](c3ccccc3)C(c3cc(SCCN)nc(NCCCCCC)n3)[C@@H]2c2ccccc2)n1. The van der Waals surface area contributed by atoms with Crippen LogP contribution in [0.1, 0.15) is 124 Å². The van der Waals surface area contributed by atoms with E-state index in [9.17, 15) is 0 Å². The second-order valence-electron chi connectivity index (χ2n) is 13.4. The van der Waals surface area contributed by atoms with Crippen molar-refractivity contribution in [2.24, 2.45) is 11.5 Å². The van der Waals surface area contributed by atoms with Gasteiger partial charge >= 0.3 is 0 Å². The van der Waals surface area contributed by atoms with Crippen LogP contribution in [0, 0.1) is 0 Å². The summed E-state index contributed by atoms with van der Waals surface area (Å²) in [6.07, 6.45) is 11.8. The maximum atomic E-state index is 5.97. The highest BCUT2D eigenvalue weighted by molar-refractivity contribution is 7.99. The lowest BCUT2D eigenvalue weighted by molar-refractivity contribution is 0.218. The molecule has 0 bridgehead atoms. The molecule has 5 rings (SSSR count). The smallest absolute Gasteiger partial charge is 0.223 e. The third-order valence-electron chi connectivity index (χ3n) is 9.64. The minimum absolute atomic E-state index is 0.137. The number of hydrogen-bond donors (Lipinski definition) is 3. The molecule has 5 N–H and O–H groups in total. The number of aromatic nitrogens is 4. The van der Waals surface area contributed by atoms with Crippen LogP contribution in [-0.2, 0) is 6.42 Å². The van der Waals surface area contributed by atoms with E-state index in [2.05, 4.69) is 92.0 Å². The molecule has 1 aliphatic rings. The molecule has 2 heterocycles. The van der Waals surface area contributed by atoms with Gasteiger partial charge in [0.2, 0.25) is 5.95 Å². The molecule has 4 aromatic rings. The highest BCUT2D eigenvalue weighted by atomic mass is 32.2. The van der Waals surface area contributed by atoms with Crippen molar-refractivity contribution in [3.05, 3.63) is 101 Å². The van der Waals surface area contributed by atoms with Gasteiger partial charge in [0.25, 0.3) is 0 Å². The summed E-state index contributed by atoms with van der Waals surface area (Å²) in [5.41, 5.74) is 16.8. The molecule has 50 heavy (non-hydrogen) atoms. The fourth-order valence-electron chi connectivity index (χ4n) is 7.24. The third-order valence-corrected chi connectivity index (χ3v) is 11.5. The van der Waals surface area contributed by atoms with Crippen molar-refractivity contribution in [3.63, 3.8) is 0 Å². The van der Waals surface area contributed by atoms with E-state index in [1.54, 1.807) is 23.5 Å². The van der Waals surface area contributed by atoms with Crippen molar-refractivity contribution in [1.82, 2.24) is 19.9 Å². The van der Waals surface area contributed by atoms with Crippen LogP contribution in [0.2, 0.25) is 0 Å². The van der Waals surface area contributed by atoms with Gasteiger partial charge in [-0.25, -0.2) is 19.9 Å². The standard InChI is InChI=1S/C41H57N7S2/c1-3-5-7-9-16-22-34-45-32(28-35(47-34)49-26-23-42)39-37(30-18-12-10-13-19-30)40(38(39)31-20-14-11-15-21-31)33-29-36(50-27-24-43)48-41(46-33)44-25-17-8-6-4-2/h10-15,18-21,28-29,37-40H,3-9,16-17,22-27,42-43H2,1-2H3,(H,44,46,48)/t37-,38-,39?,40?/m1/s1. The lowest BCUT2D eigenvalue weighted by Crippen LogP contribution is -2.41. The van der Waals surface area contributed by atoms with E-state index in [0.29, 0.717) is 19.0 Å². The molecule has 268 valence electrons. The number of nitrogens with two attached hydrogens (primary N) is 2. The molecule has 9 heteroatoms. The van der Waals surface area contributed by atoms with Crippen molar-refractivity contribution in [3.8, 4) is 0 Å². The molecule has 2 atom stereocenters. The summed E-state index contributed by atoms with van der Waals surface area (Å²) in [7, 11) is 0. The Hall–Kier alpha value is -2.98. The lowest BCUT2D eigenvalue weighted by Gasteiger charge is -2.52. The number of nitrogens with one attached hydrogen (secondary N) is 1. The predicted molar refractivity (Wildman–Crippen MR) is 213 cm³/mol. The molecule has 1 aliphatic carbocycles. The fourth-order valence-corrected chi connectivity index (χ4v) is 8.63. The summed E-state index contributed by atoms with van der Waals surface area (Å²) >= 11 is 3.46. The molecule has 1 saturated carbocycles. The zero-order chi connectivity index (χ0) is 35.0. The molecule has 0 radical (unpaired) electrons. The number of nitrogens with zero attached hydrogens (tertiary/aromatic N) is 4. The van der Waals surface area contributed by atoms with Crippen LogP contribution >= 0.6 is 23.5 Å². The van der Waals surface area contributed by atoms with Gasteiger partial charge in [-0.15, -0.1) is 23.5 Å². The second-order valence-corrected chi connectivity index (χ2v) is 15.6. The van der Waals surface area contributed by atoms with Crippen molar-refractivity contribution in [2.75, 3.05) is 36.5 Å². The number of thioether (sulfide) groups is 2. The van der Waals surface area contributed by atoms with Crippen LogP contribution in [0.25, 0.3) is 0 Å². The van der Waals surface area contributed by atoms with E-state index in [1.165, 1.54) is 56.1 Å². The van der Waals surface area contributed by atoms with Crippen LogP contribution in [-0.4, -0.2) is 51.1 Å². The van der Waals surface area contributed by atoms with Gasteiger partial charge in [0.05, 0.1) is 5.69 Å². The van der Waals surface area contributed by atoms with Gasteiger partial charge < -0.3 is 16.8 Å². The molecule has 0 saturated heterocycles. The Kier molecular flexibility index (Phi) is 15.9. The lowest BCUT2D eigenvalue weighted by atomic mass is 9.50. The number of aryl methyl sites for hydroxylation is 1. The maximum absolute atomic E-state index is 5.97. The van der Waals surface area contributed by atoms with E-state index in [4.69, 9.17) is 31.4 Å². The Balaban J connectivity index is 1.58. The number of unbranched alkanes of at least 4 members (excludes halogenated alkanes) is 7. The highest BCUT2D eigenvalue weighted by Crippen LogP contribution is 2.66. The van der Waals surface area contributed by atoms with Crippen molar-refractivity contribution >= 4 is 29.5 Å². The summed E-state index contributed by atoms with van der Waals surface area (Å²) < 4.78 is 0. The van der Waals surface area contributed by atoms with Crippen molar-refractivity contribution < 1.29 is 0 Å². The molecule has 0 amide bonds. The molecule has 0 unspecified atom stereocenters. The van der Waals surface area contributed by atoms with Crippen LogP contribution in [0.4, 0.5) is 5.95 Å². The summed E-state index contributed by atoms with van der Waals surface area (Å²) in [5.74, 6) is 3.98. The van der Waals surface area contributed by atoms with E-state index in [0.717, 1.165) is 64.6 Å². The monoisotopic (exact) mass is 711 g/mol. The Morgan fingerprint density at radius 3 is 1.66 bits per heavy atom. The summed E-state index contributed by atoms with van der Waals surface area (Å²) in [4.78, 5) is 20.7. The summed E-state index contributed by atoms with van der Waals surface area (Å²) in [5, 5.41) is 5.59. The topological polar surface area (TPSA) is 116 Å². The van der Waals surface area contributed by atoms with Crippen LogP contribution < -0.4 is 16.8 Å². The van der Waals surface area contributed by atoms with Crippen LogP contribution in [0.15, 0.2) is 82.8 Å².